The smallest absolute Gasteiger partial charge is 0.267 e. The van der Waals surface area contributed by atoms with Crippen molar-refractivity contribution in [3.8, 4) is 11.5 Å². The average molecular weight is 232 g/mol. The lowest BCUT2D eigenvalue weighted by molar-refractivity contribution is 0.146. The normalized spacial score (nSPS) is 12.9. The summed E-state index contributed by atoms with van der Waals surface area (Å²) in [6.45, 7) is 1.40. The molecule has 1 aromatic rings. The Kier molecular flexibility index (Phi) is 4.06. The second-order valence-electron chi connectivity index (χ2n) is 3.54. The van der Waals surface area contributed by atoms with E-state index in [1.54, 1.807) is 6.92 Å². The molecule has 1 unspecified atom stereocenters. The number of aliphatic hydroxyl groups excluding tert-OH is 1. The van der Waals surface area contributed by atoms with Crippen LogP contribution in [0.3, 0.4) is 0 Å². The second kappa shape index (κ2) is 5.12. The Morgan fingerprint density at radius 2 is 1.88 bits per heavy atom. The van der Waals surface area contributed by atoms with E-state index >= 15 is 0 Å². The molecule has 3 nitrogen and oxygen atoms in total. The molecule has 0 aromatic heterocycles. The number of alkyl halides is 2. The van der Waals surface area contributed by atoms with Crippen LogP contribution in [0.1, 0.15) is 30.4 Å². The van der Waals surface area contributed by atoms with E-state index in [2.05, 4.69) is 0 Å². The first-order chi connectivity index (χ1) is 7.51. The van der Waals surface area contributed by atoms with E-state index in [0.717, 1.165) is 6.07 Å². The third-order valence-corrected chi connectivity index (χ3v) is 2.42. The predicted molar refractivity (Wildman–Crippen MR) is 55.1 cm³/mol. The van der Waals surface area contributed by atoms with Crippen molar-refractivity contribution in [2.75, 3.05) is 13.7 Å². The first-order valence-corrected chi connectivity index (χ1v) is 4.81. The zero-order valence-electron chi connectivity index (χ0n) is 9.08. The van der Waals surface area contributed by atoms with E-state index in [0.29, 0.717) is 0 Å². The Morgan fingerprint density at radius 1 is 1.31 bits per heavy atom. The van der Waals surface area contributed by atoms with Crippen LogP contribution >= 0.6 is 0 Å². The highest BCUT2D eigenvalue weighted by atomic mass is 19.3. The summed E-state index contributed by atoms with van der Waals surface area (Å²) in [5.74, 6) is -0.659. The van der Waals surface area contributed by atoms with E-state index in [9.17, 15) is 13.9 Å². The van der Waals surface area contributed by atoms with Crippen molar-refractivity contribution in [2.45, 2.75) is 19.3 Å². The molecule has 1 aromatic carbocycles. The van der Waals surface area contributed by atoms with Gasteiger partial charge >= 0.3 is 0 Å². The van der Waals surface area contributed by atoms with Crippen molar-refractivity contribution in [3.63, 3.8) is 0 Å². The number of aromatic hydroxyl groups is 1. The monoisotopic (exact) mass is 232 g/mol. The minimum absolute atomic E-state index is 0.233. The van der Waals surface area contributed by atoms with Gasteiger partial charge in [0.2, 0.25) is 0 Å². The molecule has 0 heterocycles. The Labute approximate surface area is 92.3 Å². The van der Waals surface area contributed by atoms with Gasteiger partial charge in [-0.3, -0.25) is 0 Å². The summed E-state index contributed by atoms with van der Waals surface area (Å²) in [7, 11) is 1.36. The van der Waals surface area contributed by atoms with E-state index in [4.69, 9.17) is 9.84 Å². The molecule has 0 bridgehead atoms. The van der Waals surface area contributed by atoms with Gasteiger partial charge in [0.15, 0.2) is 0 Å². The van der Waals surface area contributed by atoms with Gasteiger partial charge in [-0.1, -0.05) is 6.92 Å². The van der Waals surface area contributed by atoms with Gasteiger partial charge in [-0.25, -0.2) is 8.78 Å². The summed E-state index contributed by atoms with van der Waals surface area (Å²) in [4.78, 5) is 0. The summed E-state index contributed by atoms with van der Waals surface area (Å²) in [5.41, 5.74) is -0.216. The van der Waals surface area contributed by atoms with Crippen LogP contribution in [-0.2, 0) is 0 Å². The van der Waals surface area contributed by atoms with Gasteiger partial charge in [0.1, 0.15) is 11.5 Å². The fourth-order valence-electron chi connectivity index (χ4n) is 1.41. The molecule has 1 atom stereocenters. The average Bonchev–Trinajstić information content (AvgIpc) is 2.28. The van der Waals surface area contributed by atoms with Crippen LogP contribution in [0.15, 0.2) is 12.1 Å². The minimum atomic E-state index is -2.78. The van der Waals surface area contributed by atoms with Crippen molar-refractivity contribution in [2.24, 2.45) is 0 Å². The maximum absolute atomic E-state index is 12.6. The minimum Gasteiger partial charge on any atom is -0.507 e. The van der Waals surface area contributed by atoms with Crippen LogP contribution in [0.4, 0.5) is 8.78 Å². The molecule has 90 valence electrons. The van der Waals surface area contributed by atoms with Crippen LogP contribution in [0.25, 0.3) is 0 Å². The molecule has 5 heteroatoms. The number of ether oxygens (including phenoxy) is 1. The maximum Gasteiger partial charge on any atom is 0.267 e. The molecular weight excluding hydrogens is 218 g/mol. The number of methoxy groups -OCH3 is 1. The fourth-order valence-corrected chi connectivity index (χ4v) is 1.41. The first-order valence-electron chi connectivity index (χ1n) is 4.81. The van der Waals surface area contributed by atoms with E-state index in [1.165, 1.54) is 13.2 Å². The van der Waals surface area contributed by atoms with Crippen molar-refractivity contribution in [1.82, 2.24) is 0 Å². The molecule has 0 amide bonds. The fraction of sp³-hybridized carbons (Fsp3) is 0.455. The quantitative estimate of drug-likeness (QED) is 0.838. The first kappa shape index (κ1) is 12.7. The molecular formula is C11H14F2O3. The van der Waals surface area contributed by atoms with Crippen molar-refractivity contribution >= 4 is 0 Å². The third-order valence-electron chi connectivity index (χ3n) is 2.42. The van der Waals surface area contributed by atoms with Gasteiger partial charge in [-0.2, -0.15) is 0 Å². The summed E-state index contributed by atoms with van der Waals surface area (Å²) in [6, 6.07) is 2.54. The number of hydrogen-bond acceptors (Lipinski definition) is 3. The number of rotatable bonds is 4. The lowest BCUT2D eigenvalue weighted by atomic mass is 9.97. The molecule has 0 radical (unpaired) electrons. The molecule has 0 saturated heterocycles. The van der Waals surface area contributed by atoms with Gasteiger partial charge in [-0.05, 0) is 12.1 Å². The Morgan fingerprint density at radius 3 is 2.31 bits per heavy atom. The molecule has 0 aliphatic carbocycles. The third kappa shape index (κ3) is 2.41. The number of benzene rings is 1. The summed E-state index contributed by atoms with van der Waals surface area (Å²) >= 11 is 0. The summed E-state index contributed by atoms with van der Waals surface area (Å²) < 4.78 is 30.1. The van der Waals surface area contributed by atoms with E-state index in [1.807, 2.05) is 0 Å². The van der Waals surface area contributed by atoms with E-state index in [-0.39, 0.29) is 17.9 Å². The molecule has 0 spiro atoms. The Hall–Kier alpha value is -1.36. The van der Waals surface area contributed by atoms with Crippen LogP contribution in [0.2, 0.25) is 0 Å². The number of phenolic OH excluding ortho intramolecular Hbond substituents is 1. The number of hydrogen-bond donors (Lipinski definition) is 2. The second-order valence-corrected chi connectivity index (χ2v) is 3.54. The highest BCUT2D eigenvalue weighted by Crippen LogP contribution is 2.38. The highest BCUT2D eigenvalue weighted by molar-refractivity contribution is 5.48. The van der Waals surface area contributed by atoms with Crippen molar-refractivity contribution in [3.05, 3.63) is 23.3 Å². The van der Waals surface area contributed by atoms with Gasteiger partial charge in [0.05, 0.1) is 12.7 Å². The van der Waals surface area contributed by atoms with Gasteiger partial charge in [-0.15, -0.1) is 0 Å². The topological polar surface area (TPSA) is 49.7 Å². The molecule has 16 heavy (non-hydrogen) atoms. The Balaban J connectivity index is 3.31. The SMILES string of the molecule is COc1cc(C(F)F)c(O)c(C(C)CO)c1. The largest absolute Gasteiger partial charge is 0.507 e. The molecule has 0 aliphatic rings. The lowest BCUT2D eigenvalue weighted by Gasteiger charge is -2.15. The van der Waals surface area contributed by atoms with Gasteiger partial charge in [0.25, 0.3) is 6.43 Å². The van der Waals surface area contributed by atoms with Gasteiger partial charge < -0.3 is 14.9 Å². The lowest BCUT2D eigenvalue weighted by Crippen LogP contribution is -2.02. The number of phenols is 1. The van der Waals surface area contributed by atoms with Crippen molar-refractivity contribution < 1.29 is 23.7 Å². The van der Waals surface area contributed by atoms with E-state index < -0.39 is 23.7 Å². The highest BCUT2D eigenvalue weighted by Gasteiger charge is 2.20. The van der Waals surface area contributed by atoms with Crippen LogP contribution < -0.4 is 4.74 Å². The van der Waals surface area contributed by atoms with Crippen LogP contribution in [0, 0.1) is 0 Å². The molecule has 0 aliphatic heterocycles. The number of halogens is 2. The predicted octanol–water partition coefficient (Wildman–Crippen LogP) is 2.43. The summed E-state index contributed by atoms with van der Waals surface area (Å²) in [6.07, 6.45) is -2.78. The summed E-state index contributed by atoms with van der Waals surface area (Å²) in [5, 5.41) is 18.6. The molecule has 0 saturated carbocycles. The zero-order chi connectivity index (χ0) is 12.3. The standard InChI is InChI=1S/C11H14F2O3/c1-6(5-14)8-3-7(16-2)4-9(10(8)15)11(12)13/h3-4,6,11,14-15H,5H2,1-2H3. The molecule has 1 rings (SSSR count). The van der Waals surface area contributed by atoms with Gasteiger partial charge in [0, 0.05) is 18.1 Å². The zero-order valence-corrected chi connectivity index (χ0v) is 9.08. The van der Waals surface area contributed by atoms with Crippen molar-refractivity contribution in [1.29, 1.82) is 0 Å². The molecule has 2 N–H and O–H groups in total. The maximum atomic E-state index is 12.6. The van der Waals surface area contributed by atoms with Crippen LogP contribution in [0.5, 0.6) is 11.5 Å². The van der Waals surface area contributed by atoms with Crippen LogP contribution in [-0.4, -0.2) is 23.9 Å². The number of aliphatic hydroxyl groups is 1. The Bertz CT molecular complexity index is 366. The molecule has 0 fully saturated rings.